The maximum absolute atomic E-state index is 5.85. The highest BCUT2D eigenvalue weighted by molar-refractivity contribution is 5.85. The van der Waals surface area contributed by atoms with Gasteiger partial charge in [-0.2, -0.15) is 4.98 Å². The quantitative estimate of drug-likeness (QED) is 0.484. The first-order valence-corrected chi connectivity index (χ1v) is 10.9. The highest BCUT2D eigenvalue weighted by Gasteiger charge is 2.20. The number of ether oxygens (including phenoxy) is 1. The highest BCUT2D eigenvalue weighted by atomic mass is 16.5. The Labute approximate surface area is 182 Å². The third-order valence-electron chi connectivity index (χ3n) is 5.78. The molecule has 3 N–H and O–H groups in total. The van der Waals surface area contributed by atoms with Gasteiger partial charge in [0, 0.05) is 30.1 Å². The van der Waals surface area contributed by atoms with E-state index in [4.69, 9.17) is 20.4 Å². The summed E-state index contributed by atoms with van der Waals surface area (Å²) in [5.41, 5.74) is 11.6. The number of rotatable bonds is 7. The Bertz CT molecular complexity index is 1190. The number of anilines is 1. The van der Waals surface area contributed by atoms with Crippen molar-refractivity contribution in [1.29, 1.82) is 0 Å². The topological polar surface area (TPSA) is 78.0 Å². The molecule has 0 aliphatic carbocycles. The van der Waals surface area contributed by atoms with E-state index in [2.05, 4.69) is 64.6 Å². The van der Waals surface area contributed by atoms with E-state index >= 15 is 0 Å². The smallest absolute Gasteiger partial charge is 0.236 e. The summed E-state index contributed by atoms with van der Waals surface area (Å²) >= 11 is 0. The van der Waals surface area contributed by atoms with Crippen molar-refractivity contribution in [3.05, 3.63) is 83.2 Å². The molecule has 2 aromatic heterocycles. The number of fused-ring (bicyclic) bond motifs is 2. The molecular weight excluding hydrogens is 386 g/mol. The number of aromatic nitrogens is 3. The van der Waals surface area contributed by atoms with E-state index in [-0.39, 0.29) is 0 Å². The molecular formula is C25H27N5O. The van der Waals surface area contributed by atoms with E-state index in [0.29, 0.717) is 25.7 Å². The summed E-state index contributed by atoms with van der Waals surface area (Å²) in [6.07, 6.45) is 4.69. The second kappa shape index (κ2) is 8.88. The number of nitrogens with two attached hydrogens (primary N) is 1. The van der Waals surface area contributed by atoms with Gasteiger partial charge in [0.2, 0.25) is 5.95 Å². The van der Waals surface area contributed by atoms with Gasteiger partial charge in [0.25, 0.3) is 0 Å². The molecule has 5 rings (SSSR count). The summed E-state index contributed by atoms with van der Waals surface area (Å²) in [6, 6.07) is 18.9. The van der Waals surface area contributed by atoms with Crippen LogP contribution in [0.4, 0.5) is 5.82 Å². The van der Waals surface area contributed by atoms with Crippen LogP contribution in [0.3, 0.4) is 0 Å². The third-order valence-corrected chi connectivity index (χ3v) is 5.78. The average Bonchev–Trinajstić information content (AvgIpc) is 3.18. The molecule has 0 spiro atoms. The zero-order valence-corrected chi connectivity index (χ0v) is 17.6. The second-order valence-electron chi connectivity index (χ2n) is 7.84. The van der Waals surface area contributed by atoms with Gasteiger partial charge in [-0.1, -0.05) is 48.5 Å². The molecule has 0 atom stereocenters. The maximum Gasteiger partial charge on any atom is 0.236 e. The lowest BCUT2D eigenvalue weighted by molar-refractivity contribution is 0.109. The lowest BCUT2D eigenvalue weighted by Gasteiger charge is -2.20. The minimum atomic E-state index is 0.550. The van der Waals surface area contributed by atoms with E-state index in [1.807, 2.05) is 6.07 Å². The molecule has 0 fully saturated rings. The fraction of sp³-hybridized carbons (Fsp3) is 0.280. The molecule has 31 heavy (non-hydrogen) atoms. The van der Waals surface area contributed by atoms with Crippen molar-refractivity contribution in [1.82, 2.24) is 14.5 Å². The van der Waals surface area contributed by atoms with Gasteiger partial charge < -0.3 is 15.8 Å². The molecule has 1 aliphatic heterocycles. The SMILES string of the molecule is NCCc1cn(-c2nc3c(c(NCCc4ccccc4)n2)COCC3)c2ccccc12. The fourth-order valence-electron chi connectivity index (χ4n) is 4.21. The fourth-order valence-corrected chi connectivity index (χ4v) is 4.21. The van der Waals surface area contributed by atoms with Crippen LogP contribution < -0.4 is 11.1 Å². The van der Waals surface area contributed by atoms with Crippen molar-refractivity contribution in [3.8, 4) is 5.95 Å². The van der Waals surface area contributed by atoms with Crippen LogP contribution in [0.25, 0.3) is 16.9 Å². The molecule has 4 aromatic rings. The molecule has 0 saturated heterocycles. The van der Waals surface area contributed by atoms with Gasteiger partial charge in [0.1, 0.15) is 5.82 Å². The van der Waals surface area contributed by atoms with Crippen LogP contribution in [0.2, 0.25) is 0 Å². The molecule has 0 bridgehead atoms. The first-order chi connectivity index (χ1) is 15.3. The predicted octanol–water partition coefficient (Wildman–Crippen LogP) is 3.65. The lowest BCUT2D eigenvalue weighted by Crippen LogP contribution is -2.19. The Hall–Kier alpha value is -3.22. The largest absolute Gasteiger partial charge is 0.376 e. The summed E-state index contributed by atoms with van der Waals surface area (Å²) in [5, 5.41) is 4.75. The summed E-state index contributed by atoms with van der Waals surface area (Å²) in [4.78, 5) is 9.88. The first kappa shape index (κ1) is 19.7. The van der Waals surface area contributed by atoms with E-state index in [1.165, 1.54) is 16.5 Å². The van der Waals surface area contributed by atoms with Crippen molar-refractivity contribution in [2.45, 2.75) is 25.9 Å². The normalized spacial score (nSPS) is 13.3. The van der Waals surface area contributed by atoms with Crippen LogP contribution in [0.1, 0.15) is 22.4 Å². The second-order valence-corrected chi connectivity index (χ2v) is 7.84. The van der Waals surface area contributed by atoms with Crippen molar-refractivity contribution >= 4 is 16.7 Å². The summed E-state index contributed by atoms with van der Waals surface area (Å²) < 4.78 is 7.81. The van der Waals surface area contributed by atoms with Crippen LogP contribution in [-0.4, -0.2) is 34.2 Å². The Kier molecular flexibility index (Phi) is 5.65. The van der Waals surface area contributed by atoms with Gasteiger partial charge in [0.15, 0.2) is 0 Å². The number of para-hydroxylation sites is 1. The van der Waals surface area contributed by atoms with Crippen molar-refractivity contribution in [2.24, 2.45) is 5.73 Å². The van der Waals surface area contributed by atoms with E-state index in [9.17, 15) is 0 Å². The number of nitrogens with one attached hydrogen (secondary N) is 1. The summed E-state index contributed by atoms with van der Waals surface area (Å²) in [5.74, 6) is 1.57. The van der Waals surface area contributed by atoms with Gasteiger partial charge in [-0.3, -0.25) is 4.57 Å². The third kappa shape index (κ3) is 4.04. The number of benzene rings is 2. The Balaban J connectivity index is 1.51. The van der Waals surface area contributed by atoms with Crippen LogP contribution in [0.15, 0.2) is 60.8 Å². The molecule has 6 heteroatoms. The predicted molar refractivity (Wildman–Crippen MR) is 124 cm³/mol. The van der Waals surface area contributed by atoms with Crippen molar-refractivity contribution < 1.29 is 4.74 Å². The summed E-state index contributed by atoms with van der Waals surface area (Å²) in [7, 11) is 0. The van der Waals surface area contributed by atoms with E-state index in [1.54, 1.807) is 0 Å². The minimum Gasteiger partial charge on any atom is -0.376 e. The summed E-state index contributed by atoms with van der Waals surface area (Å²) in [6.45, 7) is 2.66. The number of nitrogens with zero attached hydrogens (tertiary/aromatic N) is 3. The maximum atomic E-state index is 5.85. The molecule has 2 aromatic carbocycles. The Morgan fingerprint density at radius 1 is 1.00 bits per heavy atom. The number of hydrogen-bond donors (Lipinski definition) is 2. The van der Waals surface area contributed by atoms with Crippen LogP contribution in [-0.2, 0) is 30.6 Å². The van der Waals surface area contributed by atoms with Crippen LogP contribution in [0, 0.1) is 0 Å². The molecule has 158 valence electrons. The first-order valence-electron chi connectivity index (χ1n) is 10.9. The Morgan fingerprint density at radius 3 is 2.71 bits per heavy atom. The molecule has 6 nitrogen and oxygen atoms in total. The van der Waals surface area contributed by atoms with Gasteiger partial charge in [-0.25, -0.2) is 4.98 Å². The van der Waals surface area contributed by atoms with Crippen molar-refractivity contribution in [2.75, 3.05) is 25.0 Å². The lowest BCUT2D eigenvalue weighted by atomic mass is 10.1. The zero-order chi connectivity index (χ0) is 21.0. The minimum absolute atomic E-state index is 0.550. The van der Waals surface area contributed by atoms with Crippen molar-refractivity contribution in [3.63, 3.8) is 0 Å². The molecule has 0 radical (unpaired) electrons. The van der Waals surface area contributed by atoms with Gasteiger partial charge in [0.05, 0.1) is 24.4 Å². The van der Waals surface area contributed by atoms with Crippen LogP contribution >= 0.6 is 0 Å². The molecule has 1 aliphatic rings. The molecule has 0 amide bonds. The monoisotopic (exact) mass is 413 g/mol. The van der Waals surface area contributed by atoms with Gasteiger partial charge in [-0.05, 0) is 36.6 Å². The molecule has 0 saturated carbocycles. The van der Waals surface area contributed by atoms with Gasteiger partial charge in [-0.15, -0.1) is 0 Å². The Morgan fingerprint density at radius 2 is 1.84 bits per heavy atom. The van der Waals surface area contributed by atoms with Crippen LogP contribution in [0.5, 0.6) is 0 Å². The molecule has 0 unspecified atom stereocenters. The van der Waals surface area contributed by atoms with Gasteiger partial charge >= 0.3 is 0 Å². The van der Waals surface area contributed by atoms with E-state index in [0.717, 1.165) is 48.4 Å². The standard InChI is InChI=1S/C25H27N5O/c26-13-10-19-16-30(23-9-5-4-8-20(19)23)25-28-22-12-15-31-17-21(22)24(29-25)27-14-11-18-6-2-1-3-7-18/h1-9,16H,10-15,17,26H2,(H,27,28,29). The van der Waals surface area contributed by atoms with E-state index < -0.39 is 0 Å². The molecule has 3 heterocycles. The number of hydrogen-bond acceptors (Lipinski definition) is 5. The highest BCUT2D eigenvalue weighted by Crippen LogP contribution is 2.27. The zero-order valence-electron chi connectivity index (χ0n) is 17.6. The average molecular weight is 414 g/mol.